The fourth-order valence-corrected chi connectivity index (χ4v) is 1.55. The zero-order chi connectivity index (χ0) is 9.54. The molecular formula is C10H9ClO3. The van der Waals surface area contributed by atoms with Gasteiger partial charge < -0.3 is 14.2 Å². The maximum Gasteiger partial charge on any atom is 0.231 e. The molecule has 0 N–H and O–H groups in total. The van der Waals surface area contributed by atoms with E-state index in [2.05, 4.69) is 0 Å². The third-order valence-electron chi connectivity index (χ3n) is 2.25. The number of halogens is 1. The molecule has 0 unspecified atom stereocenters. The Kier molecular flexibility index (Phi) is 1.74. The molecule has 74 valence electrons. The summed E-state index contributed by atoms with van der Waals surface area (Å²) < 4.78 is 16.0. The Morgan fingerprint density at radius 1 is 1.21 bits per heavy atom. The maximum absolute atomic E-state index is 6.02. The van der Waals surface area contributed by atoms with E-state index in [0.717, 1.165) is 12.8 Å². The summed E-state index contributed by atoms with van der Waals surface area (Å²) in [6.07, 6.45) is 2.57. The summed E-state index contributed by atoms with van der Waals surface area (Å²) in [5, 5.41) is 0.584. The van der Waals surface area contributed by atoms with E-state index < -0.39 is 0 Å². The Hall–Kier alpha value is -1.09. The second-order valence-electron chi connectivity index (χ2n) is 3.45. The first-order chi connectivity index (χ1) is 6.83. The summed E-state index contributed by atoms with van der Waals surface area (Å²) in [6, 6.07) is 3.53. The topological polar surface area (TPSA) is 27.7 Å². The van der Waals surface area contributed by atoms with Gasteiger partial charge in [-0.1, -0.05) is 11.6 Å². The van der Waals surface area contributed by atoms with Crippen LogP contribution in [0.15, 0.2) is 12.1 Å². The van der Waals surface area contributed by atoms with Crippen molar-refractivity contribution in [2.24, 2.45) is 0 Å². The highest BCUT2D eigenvalue weighted by Crippen LogP contribution is 2.42. The molecule has 1 fully saturated rings. The largest absolute Gasteiger partial charge is 0.489 e. The van der Waals surface area contributed by atoms with E-state index in [4.69, 9.17) is 25.8 Å². The average molecular weight is 213 g/mol. The lowest BCUT2D eigenvalue weighted by atomic mass is 10.3. The van der Waals surface area contributed by atoms with Crippen molar-refractivity contribution in [2.75, 3.05) is 6.79 Å². The van der Waals surface area contributed by atoms with Gasteiger partial charge in [0.1, 0.15) is 5.75 Å². The number of hydrogen-bond donors (Lipinski definition) is 0. The van der Waals surface area contributed by atoms with Gasteiger partial charge in [0.2, 0.25) is 6.79 Å². The van der Waals surface area contributed by atoms with Gasteiger partial charge in [0, 0.05) is 12.1 Å². The van der Waals surface area contributed by atoms with Crippen LogP contribution in [0.1, 0.15) is 12.8 Å². The third-order valence-corrected chi connectivity index (χ3v) is 2.54. The molecule has 1 aromatic rings. The van der Waals surface area contributed by atoms with Crippen molar-refractivity contribution in [1.82, 2.24) is 0 Å². The fourth-order valence-electron chi connectivity index (χ4n) is 1.35. The number of fused-ring (bicyclic) bond motifs is 1. The first kappa shape index (κ1) is 8.24. The van der Waals surface area contributed by atoms with E-state index in [0.29, 0.717) is 28.4 Å². The molecule has 0 amide bonds. The SMILES string of the molecule is Clc1cc2c(cc1OC1CC1)OCO2. The molecule has 1 aliphatic carbocycles. The highest BCUT2D eigenvalue weighted by Gasteiger charge is 2.26. The van der Waals surface area contributed by atoms with Crippen LogP contribution in [-0.4, -0.2) is 12.9 Å². The molecule has 1 aliphatic heterocycles. The minimum atomic E-state index is 0.262. The van der Waals surface area contributed by atoms with Crippen LogP contribution in [0, 0.1) is 0 Å². The van der Waals surface area contributed by atoms with Gasteiger partial charge >= 0.3 is 0 Å². The summed E-state index contributed by atoms with van der Waals surface area (Å²) in [7, 11) is 0. The van der Waals surface area contributed by atoms with E-state index in [1.807, 2.05) is 0 Å². The van der Waals surface area contributed by atoms with Crippen LogP contribution in [0.4, 0.5) is 0 Å². The third kappa shape index (κ3) is 1.38. The van der Waals surface area contributed by atoms with Crippen LogP contribution in [0.3, 0.4) is 0 Å². The van der Waals surface area contributed by atoms with Crippen molar-refractivity contribution in [3.63, 3.8) is 0 Å². The van der Waals surface area contributed by atoms with Crippen molar-refractivity contribution in [3.8, 4) is 17.2 Å². The van der Waals surface area contributed by atoms with Gasteiger partial charge in [-0.2, -0.15) is 0 Å². The van der Waals surface area contributed by atoms with Crippen LogP contribution in [0.25, 0.3) is 0 Å². The molecular weight excluding hydrogens is 204 g/mol. The van der Waals surface area contributed by atoms with Crippen LogP contribution >= 0.6 is 11.6 Å². The van der Waals surface area contributed by atoms with E-state index in [1.54, 1.807) is 12.1 Å². The van der Waals surface area contributed by atoms with Crippen molar-refractivity contribution in [2.45, 2.75) is 18.9 Å². The van der Waals surface area contributed by atoms with Gasteiger partial charge in [-0.15, -0.1) is 0 Å². The van der Waals surface area contributed by atoms with Gasteiger partial charge in [-0.25, -0.2) is 0 Å². The van der Waals surface area contributed by atoms with Gasteiger partial charge in [-0.05, 0) is 12.8 Å². The Morgan fingerprint density at radius 3 is 2.64 bits per heavy atom. The maximum atomic E-state index is 6.02. The summed E-state index contributed by atoms with van der Waals surface area (Å²) in [4.78, 5) is 0. The molecule has 0 aromatic heterocycles. The Labute approximate surface area is 86.5 Å². The predicted molar refractivity (Wildman–Crippen MR) is 51.2 cm³/mol. The summed E-state index contributed by atoms with van der Waals surface area (Å²) >= 11 is 6.02. The molecule has 14 heavy (non-hydrogen) atoms. The quantitative estimate of drug-likeness (QED) is 0.754. The molecule has 0 radical (unpaired) electrons. The zero-order valence-corrected chi connectivity index (χ0v) is 8.21. The minimum absolute atomic E-state index is 0.262. The molecule has 0 bridgehead atoms. The molecule has 0 saturated heterocycles. The molecule has 2 aliphatic rings. The first-order valence-electron chi connectivity index (χ1n) is 4.59. The van der Waals surface area contributed by atoms with Gasteiger partial charge in [0.15, 0.2) is 11.5 Å². The molecule has 1 saturated carbocycles. The lowest BCUT2D eigenvalue weighted by molar-refractivity contribution is 0.173. The zero-order valence-electron chi connectivity index (χ0n) is 7.46. The van der Waals surface area contributed by atoms with E-state index in [-0.39, 0.29) is 6.79 Å². The van der Waals surface area contributed by atoms with Crippen molar-refractivity contribution in [1.29, 1.82) is 0 Å². The van der Waals surface area contributed by atoms with Gasteiger partial charge in [0.25, 0.3) is 0 Å². The summed E-state index contributed by atoms with van der Waals surface area (Å²) in [5.74, 6) is 2.10. The average Bonchev–Trinajstić information content (AvgIpc) is 2.85. The normalized spacial score (nSPS) is 18.4. The first-order valence-corrected chi connectivity index (χ1v) is 4.96. The Balaban J connectivity index is 1.94. The highest BCUT2D eigenvalue weighted by atomic mass is 35.5. The smallest absolute Gasteiger partial charge is 0.231 e. The van der Waals surface area contributed by atoms with Crippen LogP contribution in [0.2, 0.25) is 5.02 Å². The molecule has 0 atom stereocenters. The predicted octanol–water partition coefficient (Wildman–Crippen LogP) is 2.61. The van der Waals surface area contributed by atoms with Crippen molar-refractivity contribution >= 4 is 11.6 Å². The molecule has 3 rings (SSSR count). The van der Waals surface area contributed by atoms with Crippen molar-refractivity contribution < 1.29 is 14.2 Å². The Bertz CT molecular complexity index is 374. The standard InChI is InChI=1S/C10H9ClO3/c11-7-3-9-10(13-5-12-9)4-8(7)14-6-1-2-6/h3-4,6H,1-2,5H2. The number of ether oxygens (including phenoxy) is 3. The van der Waals surface area contributed by atoms with E-state index in [1.165, 1.54) is 0 Å². The molecule has 3 nitrogen and oxygen atoms in total. The second kappa shape index (κ2) is 2.95. The number of hydrogen-bond acceptors (Lipinski definition) is 3. The number of rotatable bonds is 2. The van der Waals surface area contributed by atoms with E-state index in [9.17, 15) is 0 Å². The minimum Gasteiger partial charge on any atom is -0.489 e. The monoisotopic (exact) mass is 212 g/mol. The summed E-state index contributed by atoms with van der Waals surface area (Å²) in [6.45, 7) is 0.262. The van der Waals surface area contributed by atoms with E-state index >= 15 is 0 Å². The van der Waals surface area contributed by atoms with Gasteiger partial charge in [0.05, 0.1) is 11.1 Å². The lowest BCUT2D eigenvalue weighted by Gasteiger charge is -2.07. The fraction of sp³-hybridized carbons (Fsp3) is 0.400. The molecule has 4 heteroatoms. The Morgan fingerprint density at radius 2 is 1.93 bits per heavy atom. The van der Waals surface area contributed by atoms with Crippen LogP contribution < -0.4 is 14.2 Å². The van der Waals surface area contributed by atoms with Crippen LogP contribution in [0.5, 0.6) is 17.2 Å². The van der Waals surface area contributed by atoms with Crippen molar-refractivity contribution in [3.05, 3.63) is 17.2 Å². The van der Waals surface area contributed by atoms with Crippen LogP contribution in [-0.2, 0) is 0 Å². The highest BCUT2D eigenvalue weighted by molar-refractivity contribution is 6.32. The van der Waals surface area contributed by atoms with Gasteiger partial charge in [-0.3, -0.25) is 0 Å². The molecule has 0 spiro atoms. The number of benzene rings is 1. The summed E-state index contributed by atoms with van der Waals surface area (Å²) in [5.41, 5.74) is 0. The lowest BCUT2D eigenvalue weighted by Crippen LogP contribution is -1.96. The molecule has 1 heterocycles. The molecule has 1 aromatic carbocycles. The second-order valence-corrected chi connectivity index (χ2v) is 3.86.